The summed E-state index contributed by atoms with van der Waals surface area (Å²) < 4.78 is 20.7. The zero-order valence-electron chi connectivity index (χ0n) is 10.3. The highest BCUT2D eigenvalue weighted by Gasteiger charge is 2.31. The van der Waals surface area contributed by atoms with Gasteiger partial charge in [0, 0.05) is 13.2 Å². The number of imidazole rings is 1. The molecule has 1 aromatic heterocycles. The van der Waals surface area contributed by atoms with Crippen molar-refractivity contribution in [3.05, 3.63) is 24.0 Å². The van der Waals surface area contributed by atoms with E-state index in [1.54, 1.807) is 13.2 Å². The van der Waals surface area contributed by atoms with Crippen molar-refractivity contribution in [1.82, 2.24) is 9.55 Å². The first kappa shape index (κ1) is 11.5. The van der Waals surface area contributed by atoms with Crippen molar-refractivity contribution in [2.24, 2.45) is 0 Å². The maximum atomic E-state index is 13.2. The van der Waals surface area contributed by atoms with E-state index in [9.17, 15) is 4.39 Å². The SMILES string of the molecule is COC1CCCC1n1c(N)nc2cc(F)ccc21. The zero-order valence-corrected chi connectivity index (χ0v) is 10.3. The van der Waals surface area contributed by atoms with Crippen molar-refractivity contribution in [2.75, 3.05) is 12.8 Å². The van der Waals surface area contributed by atoms with Crippen LogP contribution in [0.4, 0.5) is 10.3 Å². The summed E-state index contributed by atoms with van der Waals surface area (Å²) in [4.78, 5) is 4.23. The van der Waals surface area contributed by atoms with Crippen LogP contribution in [-0.2, 0) is 4.74 Å². The van der Waals surface area contributed by atoms with Crippen molar-refractivity contribution >= 4 is 17.0 Å². The molecule has 18 heavy (non-hydrogen) atoms. The van der Waals surface area contributed by atoms with Gasteiger partial charge in [-0.25, -0.2) is 9.37 Å². The number of hydrogen-bond acceptors (Lipinski definition) is 3. The minimum atomic E-state index is -0.290. The summed E-state index contributed by atoms with van der Waals surface area (Å²) in [5, 5.41) is 0. The van der Waals surface area contributed by atoms with Gasteiger partial charge in [-0.05, 0) is 31.4 Å². The van der Waals surface area contributed by atoms with E-state index < -0.39 is 0 Å². The maximum absolute atomic E-state index is 13.2. The molecule has 0 radical (unpaired) electrons. The highest BCUT2D eigenvalue weighted by atomic mass is 19.1. The normalized spacial score (nSPS) is 23.9. The number of methoxy groups -OCH3 is 1. The number of benzene rings is 1. The molecule has 1 aliphatic rings. The van der Waals surface area contributed by atoms with Gasteiger partial charge in [-0.3, -0.25) is 0 Å². The van der Waals surface area contributed by atoms with E-state index in [0.29, 0.717) is 11.5 Å². The van der Waals surface area contributed by atoms with Crippen LogP contribution in [0.25, 0.3) is 11.0 Å². The lowest BCUT2D eigenvalue weighted by atomic mass is 10.2. The first-order valence-electron chi connectivity index (χ1n) is 6.16. The number of ether oxygens (including phenoxy) is 1. The third-order valence-electron chi connectivity index (χ3n) is 3.73. The standard InChI is InChI=1S/C13H16FN3O/c1-18-12-4-2-3-11(12)17-10-6-5-8(14)7-9(10)16-13(17)15/h5-7,11-12H,2-4H2,1H3,(H2,15,16). The molecule has 1 aromatic carbocycles. The Labute approximate surface area is 105 Å². The van der Waals surface area contributed by atoms with E-state index in [2.05, 4.69) is 4.98 Å². The predicted molar refractivity (Wildman–Crippen MR) is 67.8 cm³/mol. The van der Waals surface area contributed by atoms with Crippen LogP contribution in [-0.4, -0.2) is 22.8 Å². The summed E-state index contributed by atoms with van der Waals surface area (Å²) in [5.74, 6) is 0.145. The number of hydrogen-bond donors (Lipinski definition) is 1. The third kappa shape index (κ3) is 1.66. The van der Waals surface area contributed by atoms with Gasteiger partial charge in [0.15, 0.2) is 0 Å². The number of anilines is 1. The van der Waals surface area contributed by atoms with Crippen LogP contribution >= 0.6 is 0 Å². The summed E-state index contributed by atoms with van der Waals surface area (Å²) >= 11 is 0. The highest BCUT2D eigenvalue weighted by Crippen LogP contribution is 2.36. The molecule has 2 atom stereocenters. The molecule has 0 saturated heterocycles. The summed E-state index contributed by atoms with van der Waals surface area (Å²) in [6.07, 6.45) is 3.33. The van der Waals surface area contributed by atoms with Gasteiger partial charge in [0.05, 0.1) is 23.2 Å². The van der Waals surface area contributed by atoms with E-state index in [1.807, 2.05) is 4.57 Å². The summed E-state index contributed by atoms with van der Waals surface area (Å²) in [7, 11) is 1.72. The first-order valence-corrected chi connectivity index (χ1v) is 6.16. The van der Waals surface area contributed by atoms with E-state index in [4.69, 9.17) is 10.5 Å². The molecule has 1 saturated carbocycles. The van der Waals surface area contributed by atoms with Crippen LogP contribution in [0.1, 0.15) is 25.3 Å². The third-order valence-corrected chi connectivity index (χ3v) is 3.73. The van der Waals surface area contributed by atoms with Crippen LogP contribution in [0.3, 0.4) is 0 Å². The van der Waals surface area contributed by atoms with Crippen molar-refractivity contribution in [3.63, 3.8) is 0 Å². The van der Waals surface area contributed by atoms with Gasteiger partial charge >= 0.3 is 0 Å². The number of nitrogens with two attached hydrogens (primary N) is 1. The minimum absolute atomic E-state index is 0.162. The molecule has 2 N–H and O–H groups in total. The topological polar surface area (TPSA) is 53.1 Å². The fourth-order valence-corrected chi connectivity index (χ4v) is 2.92. The lowest BCUT2D eigenvalue weighted by molar-refractivity contribution is 0.0768. The molecule has 0 bridgehead atoms. The lowest BCUT2D eigenvalue weighted by Crippen LogP contribution is -2.21. The van der Waals surface area contributed by atoms with Gasteiger partial charge < -0.3 is 15.0 Å². The van der Waals surface area contributed by atoms with Gasteiger partial charge in [0.25, 0.3) is 0 Å². The van der Waals surface area contributed by atoms with Crippen LogP contribution in [0.2, 0.25) is 0 Å². The lowest BCUT2D eigenvalue weighted by Gasteiger charge is -2.21. The van der Waals surface area contributed by atoms with Crippen LogP contribution in [0.5, 0.6) is 0 Å². The Morgan fingerprint density at radius 2 is 2.28 bits per heavy atom. The Morgan fingerprint density at radius 1 is 1.44 bits per heavy atom. The van der Waals surface area contributed by atoms with E-state index >= 15 is 0 Å². The first-order chi connectivity index (χ1) is 8.70. The maximum Gasteiger partial charge on any atom is 0.201 e. The second-order valence-corrected chi connectivity index (χ2v) is 4.75. The summed E-state index contributed by atoms with van der Waals surface area (Å²) in [5.41, 5.74) is 7.46. The Morgan fingerprint density at radius 3 is 3.06 bits per heavy atom. The highest BCUT2D eigenvalue weighted by molar-refractivity contribution is 5.78. The molecule has 0 spiro atoms. The van der Waals surface area contributed by atoms with Crippen LogP contribution in [0.15, 0.2) is 18.2 Å². The van der Waals surface area contributed by atoms with Gasteiger partial charge in [-0.15, -0.1) is 0 Å². The number of fused-ring (bicyclic) bond motifs is 1. The average molecular weight is 249 g/mol. The van der Waals surface area contributed by atoms with E-state index in [1.165, 1.54) is 12.1 Å². The molecule has 2 unspecified atom stereocenters. The monoisotopic (exact) mass is 249 g/mol. The minimum Gasteiger partial charge on any atom is -0.379 e. The Bertz CT molecular complexity index is 581. The number of nitrogen functional groups attached to an aromatic ring is 1. The second-order valence-electron chi connectivity index (χ2n) is 4.75. The molecular formula is C13H16FN3O. The zero-order chi connectivity index (χ0) is 12.7. The van der Waals surface area contributed by atoms with Crippen molar-refractivity contribution in [1.29, 1.82) is 0 Å². The van der Waals surface area contributed by atoms with Gasteiger partial charge in [-0.2, -0.15) is 0 Å². The van der Waals surface area contributed by atoms with Crippen molar-refractivity contribution < 1.29 is 9.13 Å². The number of aromatic nitrogens is 2. The summed E-state index contributed by atoms with van der Waals surface area (Å²) in [6.45, 7) is 0. The van der Waals surface area contributed by atoms with Crippen molar-refractivity contribution in [2.45, 2.75) is 31.4 Å². The molecule has 1 aliphatic carbocycles. The Balaban J connectivity index is 2.13. The second kappa shape index (κ2) is 4.24. The van der Waals surface area contributed by atoms with Crippen LogP contribution < -0.4 is 5.73 Å². The summed E-state index contributed by atoms with van der Waals surface area (Å²) in [6, 6.07) is 4.79. The number of rotatable bonds is 2. The molecule has 1 fully saturated rings. The Kier molecular flexibility index (Phi) is 2.70. The van der Waals surface area contributed by atoms with Gasteiger partial charge in [0.1, 0.15) is 5.82 Å². The Hall–Kier alpha value is -1.62. The molecule has 3 rings (SSSR count). The molecule has 4 nitrogen and oxygen atoms in total. The molecule has 2 aromatic rings. The fourth-order valence-electron chi connectivity index (χ4n) is 2.92. The quantitative estimate of drug-likeness (QED) is 0.889. The smallest absolute Gasteiger partial charge is 0.201 e. The molecule has 0 aliphatic heterocycles. The van der Waals surface area contributed by atoms with E-state index in [0.717, 1.165) is 24.8 Å². The van der Waals surface area contributed by atoms with E-state index in [-0.39, 0.29) is 18.0 Å². The molecular weight excluding hydrogens is 233 g/mol. The fraction of sp³-hybridized carbons (Fsp3) is 0.462. The number of nitrogens with zero attached hydrogens (tertiary/aromatic N) is 2. The number of halogens is 1. The van der Waals surface area contributed by atoms with Gasteiger partial charge in [-0.1, -0.05) is 0 Å². The van der Waals surface area contributed by atoms with Crippen LogP contribution in [0, 0.1) is 5.82 Å². The van der Waals surface area contributed by atoms with Crippen molar-refractivity contribution in [3.8, 4) is 0 Å². The van der Waals surface area contributed by atoms with Gasteiger partial charge in [0.2, 0.25) is 5.95 Å². The average Bonchev–Trinajstić information content (AvgIpc) is 2.90. The molecule has 0 amide bonds. The largest absolute Gasteiger partial charge is 0.379 e. The molecule has 1 heterocycles. The molecule has 96 valence electrons. The predicted octanol–water partition coefficient (Wildman–Crippen LogP) is 2.50. The molecule has 5 heteroatoms.